The number of carbonyl (C=O) groups is 2. The van der Waals surface area contributed by atoms with E-state index in [2.05, 4.69) is 56.4 Å². The fraction of sp³-hybridized carbons (Fsp3) is 0.744. The fourth-order valence-electron chi connectivity index (χ4n) is 5.03. The second kappa shape index (κ2) is 34.4. The standard InChI is InChI=1S/C39H68O4/c1-3-5-7-9-11-12-13-14-15-16-17-18-19-20-21-22-24-26-32-36-39(42)43-37(33-29-25-23-10-8-6-4-2)34-30-27-28-31-35-38(40)41/h10-12,14-15,23,29,33,37H,3-9,13,16-22,24-28,30-32,34-36H2,1-2H3,(H,40,41)/b12-11-,15-14-,23-10-,33-29-. The van der Waals surface area contributed by atoms with Crippen LogP contribution in [0.4, 0.5) is 0 Å². The van der Waals surface area contributed by atoms with Gasteiger partial charge in [0.2, 0.25) is 0 Å². The molecule has 0 aliphatic rings. The Morgan fingerprint density at radius 3 is 1.58 bits per heavy atom. The fourth-order valence-corrected chi connectivity index (χ4v) is 5.03. The van der Waals surface area contributed by atoms with E-state index in [1.807, 2.05) is 6.08 Å². The van der Waals surface area contributed by atoms with E-state index >= 15 is 0 Å². The van der Waals surface area contributed by atoms with E-state index in [-0.39, 0.29) is 18.5 Å². The largest absolute Gasteiger partial charge is 0.481 e. The first-order valence-corrected chi connectivity index (χ1v) is 18.1. The van der Waals surface area contributed by atoms with Crippen molar-refractivity contribution in [2.24, 2.45) is 0 Å². The zero-order valence-corrected chi connectivity index (χ0v) is 28.3. The van der Waals surface area contributed by atoms with Gasteiger partial charge >= 0.3 is 11.9 Å². The SMILES string of the molecule is CCCC/C=C\C/C=C\C(CCCCCCC(=O)O)OC(=O)CCCCCCCCCCC/C=C\C/C=C\CCCCC. The van der Waals surface area contributed by atoms with E-state index in [1.165, 1.54) is 89.9 Å². The van der Waals surface area contributed by atoms with Crippen LogP contribution in [0.25, 0.3) is 0 Å². The summed E-state index contributed by atoms with van der Waals surface area (Å²) in [6.45, 7) is 4.45. The van der Waals surface area contributed by atoms with Gasteiger partial charge in [0.15, 0.2) is 0 Å². The number of carboxylic acids is 1. The molecule has 0 aromatic rings. The molecule has 0 aromatic carbocycles. The maximum atomic E-state index is 12.5. The van der Waals surface area contributed by atoms with E-state index in [0.717, 1.165) is 57.8 Å². The highest BCUT2D eigenvalue weighted by Gasteiger charge is 2.11. The predicted octanol–water partition coefficient (Wildman–Crippen LogP) is 12.4. The van der Waals surface area contributed by atoms with E-state index in [4.69, 9.17) is 9.84 Å². The van der Waals surface area contributed by atoms with Crippen molar-refractivity contribution in [3.05, 3.63) is 48.6 Å². The van der Waals surface area contributed by atoms with Crippen molar-refractivity contribution in [2.45, 2.75) is 187 Å². The molecule has 0 aliphatic heterocycles. The third-order valence-corrected chi connectivity index (χ3v) is 7.76. The average molecular weight is 601 g/mol. The molecule has 248 valence electrons. The van der Waals surface area contributed by atoms with Gasteiger partial charge in [-0.05, 0) is 76.7 Å². The third-order valence-electron chi connectivity index (χ3n) is 7.76. The Morgan fingerprint density at radius 2 is 1.00 bits per heavy atom. The number of hydrogen-bond donors (Lipinski definition) is 1. The van der Waals surface area contributed by atoms with E-state index in [1.54, 1.807) is 0 Å². The molecule has 1 atom stereocenters. The third kappa shape index (κ3) is 34.3. The molecule has 0 aromatic heterocycles. The van der Waals surface area contributed by atoms with Gasteiger partial charge in [-0.2, -0.15) is 0 Å². The summed E-state index contributed by atoms with van der Waals surface area (Å²) in [7, 11) is 0. The van der Waals surface area contributed by atoms with Crippen molar-refractivity contribution in [1.82, 2.24) is 0 Å². The Kier molecular flexibility index (Phi) is 32.7. The number of carboxylic acid groups (broad SMARTS) is 1. The highest BCUT2D eigenvalue weighted by Crippen LogP contribution is 2.15. The van der Waals surface area contributed by atoms with E-state index in [0.29, 0.717) is 12.8 Å². The lowest BCUT2D eigenvalue weighted by Gasteiger charge is -2.14. The summed E-state index contributed by atoms with van der Waals surface area (Å²) in [5.74, 6) is -0.816. The molecule has 0 bridgehead atoms. The van der Waals surface area contributed by atoms with Crippen molar-refractivity contribution in [1.29, 1.82) is 0 Å². The number of aliphatic carboxylic acids is 1. The zero-order chi connectivity index (χ0) is 31.5. The van der Waals surface area contributed by atoms with Gasteiger partial charge in [0.05, 0.1) is 0 Å². The molecular formula is C39H68O4. The minimum atomic E-state index is -0.729. The van der Waals surface area contributed by atoms with Gasteiger partial charge < -0.3 is 9.84 Å². The van der Waals surface area contributed by atoms with Gasteiger partial charge in [0.25, 0.3) is 0 Å². The molecule has 0 amide bonds. The molecule has 4 nitrogen and oxygen atoms in total. The second-order valence-corrected chi connectivity index (χ2v) is 12.0. The van der Waals surface area contributed by atoms with Crippen LogP contribution in [0.5, 0.6) is 0 Å². The van der Waals surface area contributed by atoms with Crippen molar-refractivity contribution in [2.75, 3.05) is 0 Å². The highest BCUT2D eigenvalue weighted by atomic mass is 16.5. The minimum absolute atomic E-state index is 0.0870. The summed E-state index contributed by atoms with van der Waals surface area (Å²) in [4.78, 5) is 23.2. The first-order valence-electron chi connectivity index (χ1n) is 18.1. The van der Waals surface area contributed by atoms with Gasteiger partial charge in [-0.1, -0.05) is 140 Å². The normalized spacial score (nSPS) is 12.8. The molecule has 1 unspecified atom stereocenters. The number of rotatable bonds is 32. The summed E-state index contributed by atoms with van der Waals surface area (Å²) in [6.07, 6.45) is 45.7. The van der Waals surface area contributed by atoms with Crippen LogP contribution in [-0.2, 0) is 14.3 Å². The van der Waals surface area contributed by atoms with Gasteiger partial charge in [0, 0.05) is 12.8 Å². The molecule has 0 radical (unpaired) electrons. The van der Waals surface area contributed by atoms with Gasteiger partial charge in [-0.25, -0.2) is 0 Å². The summed E-state index contributed by atoms with van der Waals surface area (Å²) >= 11 is 0. The summed E-state index contributed by atoms with van der Waals surface area (Å²) in [6, 6.07) is 0. The summed E-state index contributed by atoms with van der Waals surface area (Å²) < 4.78 is 5.83. The number of allylic oxidation sites excluding steroid dienone is 7. The molecule has 0 saturated heterocycles. The van der Waals surface area contributed by atoms with E-state index < -0.39 is 5.97 Å². The van der Waals surface area contributed by atoms with Crippen molar-refractivity contribution >= 4 is 11.9 Å². The molecule has 0 aliphatic carbocycles. The average Bonchev–Trinajstić information content (AvgIpc) is 2.99. The Hall–Kier alpha value is -2.10. The molecule has 0 heterocycles. The van der Waals surface area contributed by atoms with Crippen molar-refractivity contribution < 1.29 is 19.4 Å². The van der Waals surface area contributed by atoms with Crippen LogP contribution in [0.1, 0.15) is 181 Å². The topological polar surface area (TPSA) is 63.6 Å². The maximum absolute atomic E-state index is 12.5. The summed E-state index contributed by atoms with van der Waals surface area (Å²) in [5, 5.41) is 8.79. The first kappa shape index (κ1) is 40.9. The van der Waals surface area contributed by atoms with Crippen LogP contribution in [0.15, 0.2) is 48.6 Å². The quantitative estimate of drug-likeness (QED) is 0.0474. The second-order valence-electron chi connectivity index (χ2n) is 12.0. The molecule has 43 heavy (non-hydrogen) atoms. The lowest BCUT2D eigenvalue weighted by molar-refractivity contribution is -0.147. The Labute approximate surface area is 266 Å². The van der Waals surface area contributed by atoms with Crippen LogP contribution >= 0.6 is 0 Å². The Balaban J connectivity index is 3.93. The number of hydrogen-bond acceptors (Lipinski definition) is 3. The predicted molar refractivity (Wildman–Crippen MR) is 185 cm³/mol. The Morgan fingerprint density at radius 1 is 0.535 bits per heavy atom. The van der Waals surface area contributed by atoms with Crippen LogP contribution in [0.2, 0.25) is 0 Å². The molecule has 4 heteroatoms. The zero-order valence-electron chi connectivity index (χ0n) is 28.3. The van der Waals surface area contributed by atoms with Crippen LogP contribution < -0.4 is 0 Å². The first-order chi connectivity index (χ1) is 21.1. The molecule has 0 rings (SSSR count). The van der Waals surface area contributed by atoms with Crippen LogP contribution in [-0.4, -0.2) is 23.1 Å². The monoisotopic (exact) mass is 601 g/mol. The summed E-state index contributed by atoms with van der Waals surface area (Å²) in [5.41, 5.74) is 0. The molecule has 0 saturated carbocycles. The van der Waals surface area contributed by atoms with Crippen molar-refractivity contribution in [3.63, 3.8) is 0 Å². The highest BCUT2D eigenvalue weighted by molar-refractivity contribution is 5.69. The number of carbonyl (C=O) groups excluding carboxylic acids is 1. The molecule has 0 fully saturated rings. The van der Waals surface area contributed by atoms with Crippen molar-refractivity contribution in [3.8, 4) is 0 Å². The van der Waals surface area contributed by atoms with Gasteiger partial charge in [-0.15, -0.1) is 0 Å². The smallest absolute Gasteiger partial charge is 0.306 e. The minimum Gasteiger partial charge on any atom is -0.481 e. The van der Waals surface area contributed by atoms with Crippen LogP contribution in [0, 0.1) is 0 Å². The Bertz CT molecular complexity index is 734. The van der Waals surface area contributed by atoms with Gasteiger partial charge in [0.1, 0.15) is 6.10 Å². The number of unbranched alkanes of at least 4 members (excludes halogenated alkanes) is 17. The van der Waals surface area contributed by atoms with E-state index in [9.17, 15) is 9.59 Å². The van der Waals surface area contributed by atoms with Gasteiger partial charge in [-0.3, -0.25) is 9.59 Å². The number of esters is 1. The molecular weight excluding hydrogens is 532 g/mol. The lowest BCUT2D eigenvalue weighted by atomic mass is 10.1. The molecule has 0 spiro atoms. The molecule has 1 N–H and O–H groups in total. The lowest BCUT2D eigenvalue weighted by Crippen LogP contribution is -2.16. The number of ether oxygens (including phenoxy) is 1. The maximum Gasteiger partial charge on any atom is 0.306 e. The van der Waals surface area contributed by atoms with Crippen LogP contribution in [0.3, 0.4) is 0 Å².